The zero-order valence-corrected chi connectivity index (χ0v) is 27.4. The number of nitrogens with zero attached hydrogens (tertiary/aromatic N) is 4. The highest BCUT2D eigenvalue weighted by Crippen LogP contribution is 2.40. The van der Waals surface area contributed by atoms with Gasteiger partial charge in [0, 0.05) is 31.5 Å². The molecule has 0 aliphatic heterocycles. The van der Waals surface area contributed by atoms with E-state index in [0.717, 1.165) is 37.4 Å². The molecule has 2 amide bonds. The van der Waals surface area contributed by atoms with Crippen molar-refractivity contribution in [3.63, 3.8) is 0 Å². The number of primary amides is 1. The fraction of sp³-hybridized carbons (Fsp3) is 0.581. The molecule has 0 radical (unpaired) electrons. The Labute approximate surface area is 254 Å². The first kappa shape index (κ1) is 32.5. The van der Waals surface area contributed by atoms with Crippen LogP contribution in [0.3, 0.4) is 0 Å². The number of hydrogen-bond acceptors (Lipinski definition) is 7. The van der Waals surface area contributed by atoms with Crippen LogP contribution in [0.25, 0.3) is 11.1 Å². The molecule has 234 valence electrons. The molecule has 1 saturated carbocycles. The van der Waals surface area contributed by atoms with Crippen molar-refractivity contribution in [2.24, 2.45) is 17.6 Å². The first-order chi connectivity index (χ1) is 20.3. The lowest BCUT2D eigenvalue weighted by Gasteiger charge is -2.31. The maximum Gasteiger partial charge on any atom is 0.254 e. The van der Waals surface area contributed by atoms with E-state index in [1.54, 1.807) is 23.7 Å². The van der Waals surface area contributed by atoms with Gasteiger partial charge in [-0.2, -0.15) is 9.49 Å². The molecule has 1 fully saturated rings. The summed E-state index contributed by atoms with van der Waals surface area (Å²) in [5.74, 6) is -1.98. The van der Waals surface area contributed by atoms with E-state index in [2.05, 4.69) is 47.1 Å². The fourth-order valence-electron chi connectivity index (χ4n) is 5.94. The number of aryl methyl sites for hydroxylation is 2. The number of amides is 2. The first-order valence-electron chi connectivity index (χ1n) is 15.2. The Hall–Kier alpha value is -3.38. The summed E-state index contributed by atoms with van der Waals surface area (Å²) >= 11 is 0. The molecule has 1 aliphatic rings. The van der Waals surface area contributed by atoms with Gasteiger partial charge in [0.25, 0.3) is 5.91 Å². The number of ether oxygens (including phenoxy) is 1. The van der Waals surface area contributed by atoms with Crippen LogP contribution in [0.1, 0.15) is 78.6 Å². The second kappa shape index (κ2) is 13.5. The minimum atomic E-state index is -1.22. The van der Waals surface area contributed by atoms with E-state index in [0.29, 0.717) is 48.2 Å². The van der Waals surface area contributed by atoms with Gasteiger partial charge in [-0.25, -0.2) is 9.67 Å². The lowest BCUT2D eigenvalue weighted by Crippen LogP contribution is -2.31. The van der Waals surface area contributed by atoms with Crippen molar-refractivity contribution in [3.05, 3.63) is 46.5 Å². The van der Waals surface area contributed by atoms with Gasteiger partial charge in [-0.05, 0) is 63.1 Å². The van der Waals surface area contributed by atoms with Crippen molar-refractivity contribution in [2.75, 3.05) is 11.9 Å². The summed E-state index contributed by atoms with van der Waals surface area (Å²) in [6, 6.07) is 4.24. The van der Waals surface area contributed by atoms with Gasteiger partial charge >= 0.3 is 0 Å². The molecule has 12 heteroatoms. The number of hydrogen-bond donors (Lipinski definition) is 2. The van der Waals surface area contributed by atoms with Gasteiger partial charge in [0.1, 0.15) is 24.0 Å². The van der Waals surface area contributed by atoms with Crippen molar-refractivity contribution in [3.8, 4) is 11.1 Å². The number of carbonyl (C=O) groups is 2. The molecular weight excluding hydrogens is 567 g/mol. The second-order valence-electron chi connectivity index (χ2n) is 13.0. The molecule has 3 aromatic rings. The van der Waals surface area contributed by atoms with E-state index in [9.17, 15) is 9.59 Å². The van der Waals surface area contributed by atoms with E-state index >= 15 is 4.39 Å². The summed E-state index contributed by atoms with van der Waals surface area (Å²) < 4.78 is 28.8. The standard InChI is InChI=1S/C31H45FN6O4Si/c1-8-23-25(19(3)36-38(23)17-41-15-16-43(5,6)7)22-13-14-24(34-29(22)32)35-31(40)27(21-11-9-18(2)10-12-21)28-26(30(33)39)20(4)37-42-28/h13-14,18,21,27H,8-12,15-17H2,1-7H3,(H2,33,39)(H,34,35,40). The monoisotopic (exact) mass is 612 g/mol. The van der Waals surface area contributed by atoms with Gasteiger partial charge < -0.3 is 20.3 Å². The Morgan fingerprint density at radius 3 is 2.49 bits per heavy atom. The molecule has 3 heterocycles. The van der Waals surface area contributed by atoms with E-state index in [-0.39, 0.29) is 23.1 Å². The highest BCUT2D eigenvalue weighted by atomic mass is 28.3. The molecule has 1 atom stereocenters. The van der Waals surface area contributed by atoms with Crippen LogP contribution in [0.2, 0.25) is 25.7 Å². The van der Waals surface area contributed by atoms with Crippen LogP contribution >= 0.6 is 0 Å². The quantitative estimate of drug-likeness (QED) is 0.141. The molecule has 10 nitrogen and oxygen atoms in total. The Bertz CT molecular complexity index is 1460. The van der Waals surface area contributed by atoms with Gasteiger partial charge in [-0.3, -0.25) is 9.59 Å². The van der Waals surface area contributed by atoms with Crippen LogP contribution in [0.4, 0.5) is 10.2 Å². The van der Waals surface area contributed by atoms with Gasteiger partial charge in [-0.1, -0.05) is 51.5 Å². The van der Waals surface area contributed by atoms with Crippen molar-refractivity contribution in [1.82, 2.24) is 19.9 Å². The topological polar surface area (TPSA) is 138 Å². The molecule has 43 heavy (non-hydrogen) atoms. The Kier molecular flexibility index (Phi) is 10.2. The second-order valence-corrected chi connectivity index (χ2v) is 18.6. The lowest BCUT2D eigenvalue weighted by molar-refractivity contribution is -0.119. The van der Waals surface area contributed by atoms with Crippen molar-refractivity contribution in [1.29, 1.82) is 0 Å². The highest BCUT2D eigenvalue weighted by Gasteiger charge is 2.39. The number of pyridine rings is 1. The van der Waals surface area contributed by atoms with Crippen LogP contribution in [0.5, 0.6) is 0 Å². The molecule has 1 unspecified atom stereocenters. The van der Waals surface area contributed by atoms with Crippen LogP contribution in [-0.4, -0.2) is 46.4 Å². The largest absolute Gasteiger partial charge is 0.365 e. The molecule has 0 saturated heterocycles. The molecule has 1 aliphatic carbocycles. The summed E-state index contributed by atoms with van der Waals surface area (Å²) in [6.45, 7) is 15.5. The molecule has 0 aromatic carbocycles. The van der Waals surface area contributed by atoms with Gasteiger partial charge in [-0.15, -0.1) is 0 Å². The predicted molar refractivity (Wildman–Crippen MR) is 166 cm³/mol. The summed E-state index contributed by atoms with van der Waals surface area (Å²) in [5.41, 5.74) is 8.61. The maximum absolute atomic E-state index is 15.6. The van der Waals surface area contributed by atoms with Crippen LogP contribution in [0, 0.1) is 31.6 Å². The summed E-state index contributed by atoms with van der Waals surface area (Å²) in [7, 11) is -1.22. The zero-order chi connectivity index (χ0) is 31.5. The molecule has 3 aromatic heterocycles. The van der Waals surface area contributed by atoms with E-state index in [1.165, 1.54) is 0 Å². The Balaban J connectivity index is 1.58. The number of nitrogens with two attached hydrogens (primary N) is 1. The SMILES string of the molecule is CCc1c(-c2ccc(NC(=O)C(c3onc(C)c3C(N)=O)C3CCC(C)CC3)nc2F)c(C)nn1COCC[Si](C)(C)C. The summed E-state index contributed by atoms with van der Waals surface area (Å²) in [6.07, 6.45) is 4.09. The van der Waals surface area contributed by atoms with Crippen molar-refractivity contribution >= 4 is 25.7 Å². The van der Waals surface area contributed by atoms with Crippen molar-refractivity contribution < 1.29 is 23.2 Å². The third-order valence-corrected chi connectivity index (χ3v) is 10.1. The maximum atomic E-state index is 15.6. The van der Waals surface area contributed by atoms with Crippen molar-refractivity contribution in [2.45, 2.75) is 98.1 Å². The molecular formula is C31H45FN6O4Si. The molecule has 0 bridgehead atoms. The first-order valence-corrected chi connectivity index (χ1v) is 18.9. The van der Waals surface area contributed by atoms with Crippen LogP contribution in [0.15, 0.2) is 16.7 Å². The van der Waals surface area contributed by atoms with E-state index in [1.807, 2.05) is 13.8 Å². The lowest BCUT2D eigenvalue weighted by atomic mass is 9.74. The number of nitrogens with one attached hydrogen (secondary N) is 1. The summed E-state index contributed by atoms with van der Waals surface area (Å²) in [5, 5.41) is 11.3. The molecule has 3 N–H and O–H groups in total. The van der Waals surface area contributed by atoms with E-state index in [4.69, 9.17) is 15.0 Å². The molecule has 4 rings (SSSR count). The van der Waals surface area contributed by atoms with E-state index < -0.39 is 31.8 Å². The number of carbonyl (C=O) groups excluding carboxylic acids is 2. The summed E-state index contributed by atoms with van der Waals surface area (Å²) in [4.78, 5) is 30.1. The Morgan fingerprint density at radius 2 is 1.88 bits per heavy atom. The third kappa shape index (κ3) is 7.59. The number of aromatic nitrogens is 4. The zero-order valence-electron chi connectivity index (χ0n) is 26.4. The average molecular weight is 613 g/mol. The van der Waals surface area contributed by atoms with Gasteiger partial charge in [0.05, 0.1) is 11.4 Å². The average Bonchev–Trinajstić information content (AvgIpc) is 3.46. The van der Waals surface area contributed by atoms with Crippen LogP contribution < -0.4 is 11.1 Å². The minimum absolute atomic E-state index is 0.0649. The minimum Gasteiger partial charge on any atom is -0.365 e. The van der Waals surface area contributed by atoms with Gasteiger partial charge in [0.2, 0.25) is 11.9 Å². The Morgan fingerprint density at radius 1 is 1.19 bits per heavy atom. The van der Waals surface area contributed by atoms with Crippen LogP contribution in [-0.2, 0) is 22.7 Å². The number of anilines is 1. The third-order valence-electron chi connectivity index (χ3n) is 8.38. The smallest absolute Gasteiger partial charge is 0.254 e. The highest BCUT2D eigenvalue weighted by molar-refractivity contribution is 6.76. The van der Waals surface area contributed by atoms with Gasteiger partial charge in [0.15, 0.2) is 5.76 Å². The normalized spacial score (nSPS) is 18.0. The molecule has 0 spiro atoms. The number of halogens is 1. The number of rotatable bonds is 12. The fourth-order valence-corrected chi connectivity index (χ4v) is 6.69. The predicted octanol–water partition coefficient (Wildman–Crippen LogP) is 6.21.